The fourth-order valence-electron chi connectivity index (χ4n) is 1.15. The molecule has 0 aliphatic rings. The van der Waals surface area contributed by atoms with Gasteiger partial charge >= 0.3 is 0 Å². The maximum Gasteiger partial charge on any atom is 0.295 e. The Bertz CT molecular complexity index is 464. The lowest BCUT2D eigenvalue weighted by Crippen LogP contribution is -1.90. The zero-order valence-corrected chi connectivity index (χ0v) is 6.54. The van der Waals surface area contributed by atoms with Crippen LogP contribution in [0.1, 0.15) is 0 Å². The van der Waals surface area contributed by atoms with Crippen LogP contribution in [0.5, 0.6) is 0 Å². The summed E-state index contributed by atoms with van der Waals surface area (Å²) in [5, 5.41) is 11.8. The molecule has 0 aliphatic heterocycles. The maximum atomic E-state index is 10.6. The van der Waals surface area contributed by atoms with E-state index in [2.05, 4.69) is 9.97 Å². The predicted octanol–water partition coefficient (Wildman–Crippen LogP) is 1.54. The van der Waals surface area contributed by atoms with E-state index >= 15 is 0 Å². The molecule has 0 saturated carbocycles. The molecule has 0 atom stereocenters. The minimum atomic E-state index is -0.449. The molecule has 2 rings (SSSR count). The average Bonchev–Trinajstić information content (AvgIpc) is 2.17. The topological polar surface area (TPSA) is 68.9 Å². The van der Waals surface area contributed by atoms with E-state index in [1.54, 1.807) is 18.5 Å². The second-order valence-corrected chi connectivity index (χ2v) is 2.51. The van der Waals surface area contributed by atoms with Gasteiger partial charge in [0.15, 0.2) is 0 Å². The molecule has 13 heavy (non-hydrogen) atoms. The first-order valence-corrected chi connectivity index (χ1v) is 3.61. The van der Waals surface area contributed by atoms with Crippen molar-refractivity contribution in [3.8, 4) is 0 Å². The molecule has 2 aromatic heterocycles. The molecule has 2 aromatic rings. The Morgan fingerprint density at radius 2 is 2.00 bits per heavy atom. The molecule has 0 amide bonds. The molecule has 5 nitrogen and oxygen atoms in total. The Labute approximate surface area is 73.2 Å². The van der Waals surface area contributed by atoms with Crippen LogP contribution >= 0.6 is 0 Å². The number of rotatable bonds is 1. The molecule has 0 fully saturated rings. The average molecular weight is 175 g/mol. The summed E-state index contributed by atoms with van der Waals surface area (Å²) in [5.41, 5.74) is 0.0138. The number of hydrogen-bond donors (Lipinski definition) is 0. The summed E-state index contributed by atoms with van der Waals surface area (Å²) in [7, 11) is 0. The summed E-state index contributed by atoms with van der Waals surface area (Å²) in [4.78, 5) is 17.7. The van der Waals surface area contributed by atoms with E-state index in [-0.39, 0.29) is 5.69 Å². The summed E-state index contributed by atoms with van der Waals surface area (Å²) in [5.74, 6) is 0. The van der Waals surface area contributed by atoms with Crippen molar-refractivity contribution >= 4 is 16.5 Å². The Morgan fingerprint density at radius 1 is 1.23 bits per heavy atom. The summed E-state index contributed by atoms with van der Waals surface area (Å²) in [6.45, 7) is 0. The first-order valence-electron chi connectivity index (χ1n) is 3.61. The highest BCUT2D eigenvalue weighted by atomic mass is 16.6. The van der Waals surface area contributed by atoms with Gasteiger partial charge in [0, 0.05) is 24.0 Å². The van der Waals surface area contributed by atoms with E-state index in [0.717, 1.165) is 0 Å². The minimum absolute atomic E-state index is 0.0138. The summed E-state index contributed by atoms with van der Waals surface area (Å²) < 4.78 is 0. The molecule has 64 valence electrons. The second-order valence-electron chi connectivity index (χ2n) is 2.51. The van der Waals surface area contributed by atoms with Gasteiger partial charge in [-0.05, 0) is 6.07 Å². The zero-order valence-electron chi connectivity index (χ0n) is 6.54. The quantitative estimate of drug-likeness (QED) is 0.487. The van der Waals surface area contributed by atoms with Crippen LogP contribution in [-0.4, -0.2) is 14.9 Å². The number of hydrogen-bond acceptors (Lipinski definition) is 4. The molecule has 0 saturated heterocycles. The van der Waals surface area contributed by atoms with Gasteiger partial charge in [0.2, 0.25) is 0 Å². The van der Waals surface area contributed by atoms with Crippen LogP contribution in [-0.2, 0) is 0 Å². The van der Waals surface area contributed by atoms with Crippen LogP contribution in [0.4, 0.5) is 5.69 Å². The Balaban J connectivity index is 2.83. The van der Waals surface area contributed by atoms with E-state index in [1.165, 1.54) is 12.4 Å². The standard InChI is InChI=1S/C8H5N3O2/c12-11(13)8-5-10-4-6-3-9-2-1-7(6)8/h1-5H. The normalized spacial score (nSPS) is 10.2. The van der Waals surface area contributed by atoms with Crippen molar-refractivity contribution in [2.75, 3.05) is 0 Å². The number of fused-ring (bicyclic) bond motifs is 1. The van der Waals surface area contributed by atoms with Gasteiger partial charge in [-0.1, -0.05) is 0 Å². The number of aromatic nitrogens is 2. The molecule has 5 heteroatoms. The van der Waals surface area contributed by atoms with Crippen molar-refractivity contribution in [2.24, 2.45) is 0 Å². The first-order chi connectivity index (χ1) is 6.29. The highest BCUT2D eigenvalue weighted by Gasteiger charge is 2.10. The van der Waals surface area contributed by atoms with Gasteiger partial charge in [-0.3, -0.25) is 20.1 Å². The smallest absolute Gasteiger partial charge is 0.264 e. The Kier molecular flexibility index (Phi) is 1.63. The van der Waals surface area contributed by atoms with Gasteiger partial charge in [0.1, 0.15) is 6.20 Å². The largest absolute Gasteiger partial charge is 0.295 e. The minimum Gasteiger partial charge on any atom is -0.264 e. The monoisotopic (exact) mass is 175 g/mol. The zero-order chi connectivity index (χ0) is 9.26. The van der Waals surface area contributed by atoms with Crippen LogP contribution in [0.15, 0.2) is 30.9 Å². The van der Waals surface area contributed by atoms with E-state index in [0.29, 0.717) is 10.8 Å². The molecule has 0 radical (unpaired) electrons. The fourth-order valence-corrected chi connectivity index (χ4v) is 1.15. The molecule has 2 heterocycles. The van der Waals surface area contributed by atoms with Gasteiger partial charge in [-0.25, -0.2) is 0 Å². The van der Waals surface area contributed by atoms with Crippen LogP contribution in [0.3, 0.4) is 0 Å². The maximum absolute atomic E-state index is 10.6. The lowest BCUT2D eigenvalue weighted by Gasteiger charge is -1.95. The molecule has 0 unspecified atom stereocenters. The Hall–Kier alpha value is -2.04. The SMILES string of the molecule is O=[N+]([O-])c1cncc2cnccc12. The molecule has 0 aromatic carbocycles. The van der Waals surface area contributed by atoms with Gasteiger partial charge < -0.3 is 0 Å². The van der Waals surface area contributed by atoms with Crippen LogP contribution in [0.25, 0.3) is 10.8 Å². The molecule has 0 aliphatic carbocycles. The van der Waals surface area contributed by atoms with Gasteiger partial charge in [0.05, 0.1) is 10.3 Å². The van der Waals surface area contributed by atoms with Crippen LogP contribution in [0.2, 0.25) is 0 Å². The van der Waals surface area contributed by atoms with Crippen molar-refractivity contribution in [2.45, 2.75) is 0 Å². The fraction of sp³-hybridized carbons (Fsp3) is 0. The van der Waals surface area contributed by atoms with Crippen molar-refractivity contribution < 1.29 is 4.92 Å². The number of pyridine rings is 2. The molecule has 0 spiro atoms. The van der Waals surface area contributed by atoms with Crippen molar-refractivity contribution in [1.82, 2.24) is 9.97 Å². The van der Waals surface area contributed by atoms with E-state index in [1.807, 2.05) is 0 Å². The predicted molar refractivity (Wildman–Crippen MR) is 46.2 cm³/mol. The molecule has 0 N–H and O–H groups in total. The summed E-state index contributed by atoms with van der Waals surface area (Å²) in [6.07, 6.45) is 5.86. The van der Waals surface area contributed by atoms with Gasteiger partial charge in [-0.2, -0.15) is 0 Å². The third-order valence-corrected chi connectivity index (χ3v) is 1.73. The van der Waals surface area contributed by atoms with E-state index < -0.39 is 4.92 Å². The lowest BCUT2D eigenvalue weighted by molar-refractivity contribution is -0.383. The highest BCUT2D eigenvalue weighted by molar-refractivity contribution is 5.88. The summed E-state index contributed by atoms with van der Waals surface area (Å²) >= 11 is 0. The number of nitro groups is 1. The van der Waals surface area contributed by atoms with Gasteiger partial charge in [0.25, 0.3) is 5.69 Å². The molecular weight excluding hydrogens is 170 g/mol. The van der Waals surface area contributed by atoms with E-state index in [9.17, 15) is 10.1 Å². The van der Waals surface area contributed by atoms with Crippen molar-refractivity contribution in [1.29, 1.82) is 0 Å². The molecular formula is C8H5N3O2. The third-order valence-electron chi connectivity index (χ3n) is 1.73. The summed E-state index contributed by atoms with van der Waals surface area (Å²) in [6, 6.07) is 1.61. The Morgan fingerprint density at radius 3 is 2.77 bits per heavy atom. The van der Waals surface area contributed by atoms with Crippen molar-refractivity contribution in [3.63, 3.8) is 0 Å². The lowest BCUT2D eigenvalue weighted by atomic mass is 10.2. The number of nitrogens with zero attached hydrogens (tertiary/aromatic N) is 3. The second kappa shape index (κ2) is 2.78. The third kappa shape index (κ3) is 1.20. The van der Waals surface area contributed by atoms with Crippen LogP contribution in [0, 0.1) is 10.1 Å². The van der Waals surface area contributed by atoms with Crippen LogP contribution < -0.4 is 0 Å². The highest BCUT2D eigenvalue weighted by Crippen LogP contribution is 2.22. The molecule has 0 bridgehead atoms. The van der Waals surface area contributed by atoms with Crippen molar-refractivity contribution in [3.05, 3.63) is 41.0 Å². The first kappa shape index (κ1) is 7.60. The van der Waals surface area contributed by atoms with Gasteiger partial charge in [-0.15, -0.1) is 0 Å². The van der Waals surface area contributed by atoms with E-state index in [4.69, 9.17) is 0 Å².